The van der Waals surface area contributed by atoms with Crippen molar-refractivity contribution in [2.75, 3.05) is 0 Å². The lowest BCUT2D eigenvalue weighted by Crippen LogP contribution is -1.97. The molecule has 3 rings (SSSR count). The predicted octanol–water partition coefficient (Wildman–Crippen LogP) is 3.03. The van der Waals surface area contributed by atoms with Gasteiger partial charge in [-0.05, 0) is 41.1 Å². The molecule has 7 heteroatoms. The average Bonchev–Trinajstić information content (AvgIpc) is 2.48. The summed E-state index contributed by atoms with van der Waals surface area (Å²) in [7, 11) is 0. The molecular weight excluding hydrogens is 272 g/mol. The van der Waals surface area contributed by atoms with Gasteiger partial charge in [-0.1, -0.05) is 11.6 Å². The van der Waals surface area contributed by atoms with E-state index in [9.17, 15) is 10.1 Å². The summed E-state index contributed by atoms with van der Waals surface area (Å²) in [6.45, 7) is 1.93. The highest BCUT2D eigenvalue weighted by atomic mass is 16.6. The first-order valence-electron chi connectivity index (χ1n) is 6.14. The molecule has 0 saturated carbocycles. The third kappa shape index (κ3) is 2.48. The second kappa shape index (κ2) is 5.12. The first-order valence-corrected chi connectivity index (χ1v) is 6.14. The van der Waals surface area contributed by atoms with Crippen LogP contribution in [-0.4, -0.2) is 19.9 Å². The molecule has 0 radical (unpaired) electrons. The topological polar surface area (TPSA) is 91.0 Å². The van der Waals surface area contributed by atoms with Crippen molar-refractivity contribution >= 4 is 16.7 Å². The number of rotatable bonds is 3. The molecule has 0 amide bonds. The van der Waals surface area contributed by atoms with Crippen molar-refractivity contribution in [1.82, 2.24) is 15.0 Å². The molecule has 7 nitrogen and oxygen atoms in total. The van der Waals surface area contributed by atoms with Crippen molar-refractivity contribution < 1.29 is 9.66 Å². The van der Waals surface area contributed by atoms with E-state index < -0.39 is 4.92 Å². The fourth-order valence-corrected chi connectivity index (χ4v) is 1.93. The largest absolute Gasteiger partial charge is 0.429 e. The minimum atomic E-state index is -0.593. The van der Waals surface area contributed by atoms with E-state index >= 15 is 0 Å². The van der Waals surface area contributed by atoms with Gasteiger partial charge in [-0.2, -0.15) is 0 Å². The van der Waals surface area contributed by atoms with Gasteiger partial charge in [0.25, 0.3) is 0 Å². The van der Waals surface area contributed by atoms with Crippen LogP contribution in [0.15, 0.2) is 42.9 Å². The molecule has 0 saturated heterocycles. The van der Waals surface area contributed by atoms with Crippen LogP contribution >= 0.6 is 0 Å². The quantitative estimate of drug-likeness (QED) is 0.541. The van der Waals surface area contributed by atoms with Crippen LogP contribution in [0.5, 0.6) is 11.6 Å². The molecule has 0 unspecified atom stereocenters. The summed E-state index contributed by atoms with van der Waals surface area (Å²) in [5.41, 5.74) is 1.72. The summed E-state index contributed by atoms with van der Waals surface area (Å²) in [6.07, 6.45) is 2.70. The Kier molecular flexibility index (Phi) is 3.15. The van der Waals surface area contributed by atoms with E-state index in [1.54, 1.807) is 6.07 Å². The molecule has 3 aromatic rings. The number of nitro groups is 1. The molecular formula is C14H10N4O3. The lowest BCUT2D eigenvalue weighted by Gasteiger charge is -2.07. The Balaban J connectivity index is 2.11. The maximum Gasteiger partial charge on any atom is 0.406 e. The molecule has 0 N–H and O–H groups in total. The first-order chi connectivity index (χ1) is 10.1. The fourth-order valence-electron chi connectivity index (χ4n) is 1.93. The predicted molar refractivity (Wildman–Crippen MR) is 75.2 cm³/mol. The monoisotopic (exact) mass is 282 g/mol. The molecule has 0 fully saturated rings. The third-order valence-electron chi connectivity index (χ3n) is 2.88. The maximum atomic E-state index is 11.0. The van der Waals surface area contributed by atoms with Gasteiger partial charge < -0.3 is 14.9 Å². The zero-order valence-electron chi connectivity index (χ0n) is 11.1. The fraction of sp³-hybridized carbons (Fsp3) is 0.0714. The van der Waals surface area contributed by atoms with Gasteiger partial charge in [0.05, 0.1) is 10.9 Å². The summed E-state index contributed by atoms with van der Waals surface area (Å²) in [6, 6.07) is 8.68. The van der Waals surface area contributed by atoms with Crippen LogP contribution in [0.4, 0.5) is 5.82 Å². The molecule has 2 aromatic heterocycles. The van der Waals surface area contributed by atoms with Crippen molar-refractivity contribution in [2.45, 2.75) is 6.92 Å². The normalized spacial score (nSPS) is 10.5. The van der Waals surface area contributed by atoms with E-state index in [0.29, 0.717) is 10.9 Å². The highest BCUT2D eigenvalue weighted by Gasteiger charge is 2.18. The van der Waals surface area contributed by atoms with E-state index in [-0.39, 0.29) is 17.4 Å². The average molecular weight is 282 g/mol. The summed E-state index contributed by atoms with van der Waals surface area (Å²) in [5, 5.41) is 11.7. The third-order valence-corrected chi connectivity index (χ3v) is 2.88. The van der Waals surface area contributed by atoms with Crippen LogP contribution in [0, 0.1) is 17.0 Å². The van der Waals surface area contributed by atoms with Gasteiger partial charge >= 0.3 is 5.82 Å². The van der Waals surface area contributed by atoms with Gasteiger partial charge in [0.15, 0.2) is 0 Å². The van der Waals surface area contributed by atoms with Crippen molar-refractivity contribution in [3.8, 4) is 11.6 Å². The summed E-state index contributed by atoms with van der Waals surface area (Å²) in [5.74, 6) is -0.0410. The van der Waals surface area contributed by atoms with Crippen LogP contribution < -0.4 is 4.74 Å². The Bertz CT molecular complexity index is 835. The Morgan fingerprint density at radius 2 is 2.05 bits per heavy atom. The van der Waals surface area contributed by atoms with Gasteiger partial charge in [-0.15, -0.1) is 0 Å². The van der Waals surface area contributed by atoms with Crippen molar-refractivity contribution in [3.63, 3.8) is 0 Å². The van der Waals surface area contributed by atoms with E-state index in [1.165, 1.54) is 18.6 Å². The Morgan fingerprint density at radius 3 is 2.86 bits per heavy atom. The van der Waals surface area contributed by atoms with Crippen LogP contribution in [-0.2, 0) is 0 Å². The highest BCUT2D eigenvalue weighted by Crippen LogP contribution is 2.31. The zero-order valence-corrected chi connectivity index (χ0v) is 11.1. The van der Waals surface area contributed by atoms with Crippen LogP contribution in [0.25, 0.3) is 10.9 Å². The number of benzene rings is 1. The molecule has 104 valence electrons. The smallest absolute Gasteiger partial charge is 0.406 e. The van der Waals surface area contributed by atoms with Crippen molar-refractivity contribution in [3.05, 3.63) is 58.5 Å². The highest BCUT2D eigenvalue weighted by molar-refractivity contribution is 5.84. The number of fused-ring (bicyclic) bond motifs is 1. The minimum absolute atomic E-state index is 0.0454. The van der Waals surface area contributed by atoms with Gasteiger partial charge in [0, 0.05) is 0 Å². The molecule has 0 atom stereocenters. The molecule has 1 aromatic carbocycles. The number of aryl methyl sites for hydroxylation is 1. The van der Waals surface area contributed by atoms with Crippen LogP contribution in [0.1, 0.15) is 5.56 Å². The molecule has 2 heterocycles. The van der Waals surface area contributed by atoms with Crippen LogP contribution in [0.3, 0.4) is 0 Å². The Morgan fingerprint density at radius 1 is 1.19 bits per heavy atom. The summed E-state index contributed by atoms with van der Waals surface area (Å²) >= 11 is 0. The van der Waals surface area contributed by atoms with Gasteiger partial charge in [0.1, 0.15) is 12.5 Å². The Hall–Kier alpha value is -3.09. The lowest BCUT2D eigenvalue weighted by atomic mass is 10.2. The van der Waals surface area contributed by atoms with Gasteiger partial charge in [-0.25, -0.2) is 9.97 Å². The summed E-state index contributed by atoms with van der Waals surface area (Å²) in [4.78, 5) is 22.3. The molecule has 0 aliphatic rings. The maximum absolute atomic E-state index is 11.0. The SMILES string of the molecule is Cc1ccc2ncnc(Oc3cccnc3[N+](=O)[O-])c2c1. The number of aromatic nitrogens is 3. The minimum Gasteiger partial charge on any atom is -0.429 e. The molecule has 0 aliphatic carbocycles. The second-order valence-electron chi connectivity index (χ2n) is 4.38. The summed E-state index contributed by atoms with van der Waals surface area (Å²) < 4.78 is 5.58. The van der Waals surface area contributed by atoms with Crippen LogP contribution in [0.2, 0.25) is 0 Å². The van der Waals surface area contributed by atoms with E-state index in [1.807, 2.05) is 25.1 Å². The number of nitrogens with zero attached hydrogens (tertiary/aromatic N) is 4. The molecule has 0 spiro atoms. The number of pyridine rings is 1. The van der Waals surface area contributed by atoms with E-state index in [0.717, 1.165) is 5.56 Å². The van der Waals surface area contributed by atoms with Crippen molar-refractivity contribution in [1.29, 1.82) is 0 Å². The standard InChI is InChI=1S/C14H10N4O3/c1-9-4-5-11-10(7-9)14(17-8-16-11)21-12-3-2-6-15-13(12)18(19)20/h2-8H,1H3. The van der Waals surface area contributed by atoms with Crippen molar-refractivity contribution in [2.24, 2.45) is 0 Å². The number of hydrogen-bond acceptors (Lipinski definition) is 6. The molecule has 0 aliphatic heterocycles. The molecule has 21 heavy (non-hydrogen) atoms. The van der Waals surface area contributed by atoms with Gasteiger partial charge in [0.2, 0.25) is 11.6 Å². The zero-order chi connectivity index (χ0) is 14.8. The Labute approximate surface area is 119 Å². The molecule has 0 bridgehead atoms. The van der Waals surface area contributed by atoms with Gasteiger partial charge in [-0.3, -0.25) is 0 Å². The van der Waals surface area contributed by atoms with E-state index in [2.05, 4.69) is 15.0 Å². The lowest BCUT2D eigenvalue weighted by molar-refractivity contribution is -0.390. The van der Waals surface area contributed by atoms with E-state index in [4.69, 9.17) is 4.74 Å². The first kappa shape index (κ1) is 12.9. The number of ether oxygens (including phenoxy) is 1. The number of hydrogen-bond donors (Lipinski definition) is 0. The second-order valence-corrected chi connectivity index (χ2v) is 4.38.